The van der Waals surface area contributed by atoms with Crippen molar-refractivity contribution in [3.8, 4) is 0 Å². The van der Waals surface area contributed by atoms with Crippen LogP contribution in [0.2, 0.25) is 0 Å². The van der Waals surface area contributed by atoms with Gasteiger partial charge in [-0.05, 0) is 25.1 Å². The minimum absolute atomic E-state index is 0.0601. The van der Waals surface area contributed by atoms with Gasteiger partial charge in [-0.1, -0.05) is 0 Å². The largest absolute Gasteiger partial charge is 0.466 e. The summed E-state index contributed by atoms with van der Waals surface area (Å²) in [7, 11) is 0. The first-order valence-corrected chi connectivity index (χ1v) is 6.45. The third-order valence-corrected chi connectivity index (χ3v) is 2.42. The molecule has 2 N–H and O–H groups in total. The lowest BCUT2D eigenvalue weighted by Crippen LogP contribution is -2.15. The van der Waals surface area contributed by atoms with Crippen LogP contribution in [0.5, 0.6) is 0 Å². The van der Waals surface area contributed by atoms with Gasteiger partial charge in [0.15, 0.2) is 0 Å². The molecular formula is C14H17FN2O4. The third-order valence-electron chi connectivity index (χ3n) is 2.42. The van der Waals surface area contributed by atoms with Gasteiger partial charge in [0.05, 0.1) is 18.7 Å². The van der Waals surface area contributed by atoms with E-state index in [4.69, 9.17) is 0 Å². The first-order valence-electron chi connectivity index (χ1n) is 6.45. The summed E-state index contributed by atoms with van der Waals surface area (Å²) in [4.78, 5) is 33.7. The van der Waals surface area contributed by atoms with Gasteiger partial charge >= 0.3 is 5.97 Å². The lowest BCUT2D eigenvalue weighted by atomic mass is 10.2. The number of hydrogen-bond acceptors (Lipinski definition) is 4. The molecule has 0 saturated heterocycles. The summed E-state index contributed by atoms with van der Waals surface area (Å²) < 4.78 is 18.3. The Bertz CT molecular complexity index is 546. The van der Waals surface area contributed by atoms with E-state index in [2.05, 4.69) is 15.4 Å². The maximum Gasteiger partial charge on any atom is 0.306 e. The monoisotopic (exact) mass is 296 g/mol. The summed E-state index contributed by atoms with van der Waals surface area (Å²) in [5, 5.41) is 4.83. The summed E-state index contributed by atoms with van der Waals surface area (Å²) in [6, 6.07) is 3.82. The molecule has 6 nitrogen and oxygen atoms in total. The number of esters is 1. The molecule has 21 heavy (non-hydrogen) atoms. The van der Waals surface area contributed by atoms with Crippen LogP contribution < -0.4 is 10.6 Å². The number of anilines is 2. The Labute approximate surface area is 121 Å². The first kappa shape index (κ1) is 16.6. The Morgan fingerprint density at radius 3 is 2.52 bits per heavy atom. The fraction of sp³-hybridized carbons (Fsp3) is 0.357. The highest BCUT2D eigenvalue weighted by molar-refractivity contribution is 5.94. The van der Waals surface area contributed by atoms with Gasteiger partial charge in [-0.25, -0.2) is 4.39 Å². The van der Waals surface area contributed by atoms with Crippen molar-refractivity contribution in [2.24, 2.45) is 0 Å². The van der Waals surface area contributed by atoms with Crippen LogP contribution in [0.1, 0.15) is 26.7 Å². The van der Waals surface area contributed by atoms with Gasteiger partial charge in [0.2, 0.25) is 11.8 Å². The Kier molecular flexibility index (Phi) is 6.32. The number of hydrogen-bond donors (Lipinski definition) is 2. The van der Waals surface area contributed by atoms with Crippen molar-refractivity contribution < 1.29 is 23.5 Å². The lowest BCUT2D eigenvalue weighted by Gasteiger charge is -2.09. The number of rotatable bonds is 6. The quantitative estimate of drug-likeness (QED) is 0.787. The Morgan fingerprint density at radius 1 is 1.19 bits per heavy atom. The van der Waals surface area contributed by atoms with Crippen molar-refractivity contribution in [1.82, 2.24) is 0 Å². The fourth-order valence-electron chi connectivity index (χ4n) is 1.56. The summed E-state index contributed by atoms with van der Waals surface area (Å²) in [5.41, 5.74) is 0.305. The molecule has 0 fully saturated rings. The van der Waals surface area contributed by atoms with E-state index in [1.54, 1.807) is 6.92 Å². The zero-order chi connectivity index (χ0) is 15.8. The molecule has 0 aromatic heterocycles. The first-order chi connectivity index (χ1) is 9.92. The molecule has 0 spiro atoms. The Morgan fingerprint density at radius 2 is 1.90 bits per heavy atom. The average Bonchev–Trinajstić information content (AvgIpc) is 2.40. The molecule has 0 aliphatic carbocycles. The second-order valence-electron chi connectivity index (χ2n) is 4.23. The van der Waals surface area contributed by atoms with Gasteiger partial charge in [-0.3, -0.25) is 14.4 Å². The molecule has 1 aromatic rings. The highest BCUT2D eigenvalue weighted by Crippen LogP contribution is 2.20. The number of nitrogens with one attached hydrogen (secondary N) is 2. The third kappa shape index (κ3) is 6.03. The summed E-state index contributed by atoms with van der Waals surface area (Å²) in [6.45, 7) is 3.23. The van der Waals surface area contributed by atoms with Gasteiger partial charge in [0.25, 0.3) is 0 Å². The second kappa shape index (κ2) is 7.98. The topological polar surface area (TPSA) is 84.5 Å². The van der Waals surface area contributed by atoms with Crippen LogP contribution in [0.25, 0.3) is 0 Å². The number of benzene rings is 1. The number of halogens is 1. The summed E-state index contributed by atoms with van der Waals surface area (Å²) in [6.07, 6.45) is -0.185. The van der Waals surface area contributed by atoms with Gasteiger partial charge < -0.3 is 15.4 Å². The molecule has 0 atom stereocenters. The van der Waals surface area contributed by atoms with Crippen LogP contribution in [0.4, 0.5) is 15.8 Å². The van der Waals surface area contributed by atoms with E-state index in [0.717, 1.165) is 6.07 Å². The lowest BCUT2D eigenvalue weighted by molar-refractivity contribution is -0.144. The van der Waals surface area contributed by atoms with Crippen LogP contribution in [0.15, 0.2) is 18.2 Å². The molecule has 0 aliphatic heterocycles. The molecule has 0 radical (unpaired) electrons. The van der Waals surface area contributed by atoms with Crippen molar-refractivity contribution in [3.63, 3.8) is 0 Å². The van der Waals surface area contributed by atoms with Gasteiger partial charge in [0, 0.05) is 19.0 Å². The SMILES string of the molecule is CCOC(=O)CCC(=O)Nc1cc(NC(C)=O)ccc1F. The van der Waals surface area contributed by atoms with E-state index in [9.17, 15) is 18.8 Å². The zero-order valence-electron chi connectivity index (χ0n) is 11.9. The highest BCUT2D eigenvalue weighted by atomic mass is 19.1. The number of ether oxygens (including phenoxy) is 1. The van der Waals surface area contributed by atoms with Crippen LogP contribution in [0.3, 0.4) is 0 Å². The van der Waals surface area contributed by atoms with Crippen LogP contribution in [0, 0.1) is 5.82 Å². The maximum absolute atomic E-state index is 13.6. The molecule has 2 amide bonds. The maximum atomic E-state index is 13.6. The van der Waals surface area contributed by atoms with Crippen molar-refractivity contribution in [2.45, 2.75) is 26.7 Å². The fourth-order valence-corrected chi connectivity index (χ4v) is 1.56. The summed E-state index contributed by atoms with van der Waals surface area (Å²) >= 11 is 0. The van der Waals surface area contributed by atoms with Gasteiger partial charge in [-0.15, -0.1) is 0 Å². The van der Waals surface area contributed by atoms with E-state index in [1.807, 2.05) is 0 Å². The molecule has 1 aromatic carbocycles. The molecule has 0 saturated carbocycles. The summed E-state index contributed by atoms with van der Waals surface area (Å²) in [5.74, 6) is -1.93. The molecule has 0 heterocycles. The minimum atomic E-state index is -0.631. The normalized spacial score (nSPS) is 9.86. The van der Waals surface area contributed by atoms with Crippen LogP contribution >= 0.6 is 0 Å². The van der Waals surface area contributed by atoms with E-state index in [1.165, 1.54) is 19.1 Å². The minimum Gasteiger partial charge on any atom is -0.466 e. The molecule has 114 valence electrons. The van der Waals surface area contributed by atoms with Gasteiger partial charge in [0.1, 0.15) is 5.82 Å². The molecule has 1 rings (SSSR count). The predicted octanol–water partition coefficient (Wildman–Crippen LogP) is 2.07. The highest BCUT2D eigenvalue weighted by Gasteiger charge is 2.11. The van der Waals surface area contributed by atoms with Crippen molar-refractivity contribution in [3.05, 3.63) is 24.0 Å². The van der Waals surface area contributed by atoms with Crippen molar-refractivity contribution in [1.29, 1.82) is 0 Å². The molecular weight excluding hydrogens is 279 g/mol. The number of carbonyl (C=O) groups excluding carboxylic acids is 3. The van der Waals surface area contributed by atoms with Gasteiger partial charge in [-0.2, -0.15) is 0 Å². The molecule has 0 bridgehead atoms. The number of carbonyl (C=O) groups is 3. The predicted molar refractivity (Wildman–Crippen MR) is 75.2 cm³/mol. The number of amides is 2. The van der Waals surface area contributed by atoms with Crippen LogP contribution in [-0.4, -0.2) is 24.4 Å². The van der Waals surface area contributed by atoms with E-state index in [-0.39, 0.29) is 31.0 Å². The van der Waals surface area contributed by atoms with E-state index >= 15 is 0 Å². The van der Waals surface area contributed by atoms with E-state index in [0.29, 0.717) is 5.69 Å². The van der Waals surface area contributed by atoms with Crippen molar-refractivity contribution in [2.75, 3.05) is 17.2 Å². The molecule has 0 unspecified atom stereocenters. The second-order valence-corrected chi connectivity index (χ2v) is 4.23. The smallest absolute Gasteiger partial charge is 0.306 e. The zero-order valence-corrected chi connectivity index (χ0v) is 11.9. The Hall–Kier alpha value is -2.44. The molecule has 7 heteroatoms. The standard InChI is InChI=1S/C14H17FN2O4/c1-3-21-14(20)7-6-13(19)17-12-8-10(16-9(2)18)4-5-11(12)15/h4-5,8H,3,6-7H2,1-2H3,(H,16,18)(H,17,19). The Balaban J connectivity index is 2.62. The van der Waals surface area contributed by atoms with Crippen molar-refractivity contribution >= 4 is 29.2 Å². The van der Waals surface area contributed by atoms with E-state index < -0.39 is 17.7 Å². The molecule has 0 aliphatic rings. The van der Waals surface area contributed by atoms with Crippen LogP contribution in [-0.2, 0) is 19.1 Å². The average molecular weight is 296 g/mol.